The van der Waals surface area contributed by atoms with E-state index in [2.05, 4.69) is 91.0 Å². The highest BCUT2D eigenvalue weighted by atomic mass is 16.3. The first-order valence-corrected chi connectivity index (χ1v) is 16.4. The molecule has 0 unspecified atom stereocenters. The normalized spacial score (nSPS) is 11.3. The highest BCUT2D eigenvalue weighted by Gasteiger charge is 2.20. The van der Waals surface area contributed by atoms with Crippen molar-refractivity contribution in [3.63, 3.8) is 0 Å². The Hall–Kier alpha value is -6.65. The van der Waals surface area contributed by atoms with Crippen LogP contribution in [0.15, 0.2) is 180 Å². The zero-order valence-electron chi connectivity index (χ0n) is 26.5. The maximum atomic E-state index is 6.48. The summed E-state index contributed by atoms with van der Waals surface area (Å²) in [6.45, 7) is 0. The Kier molecular flexibility index (Phi) is 7.10. The molecule has 4 nitrogen and oxygen atoms in total. The van der Waals surface area contributed by atoms with Crippen molar-refractivity contribution in [2.45, 2.75) is 0 Å². The molecule has 0 spiro atoms. The Labute approximate surface area is 284 Å². The predicted molar refractivity (Wildman–Crippen MR) is 200 cm³/mol. The number of hydrogen-bond acceptors (Lipinski definition) is 4. The Morgan fingerprint density at radius 3 is 1.12 bits per heavy atom. The molecule has 7 aromatic carbocycles. The average Bonchev–Trinajstić information content (AvgIpc) is 3.58. The van der Waals surface area contributed by atoms with E-state index in [0.29, 0.717) is 17.5 Å². The molecule has 0 radical (unpaired) electrons. The largest absolute Gasteiger partial charge is 0.456 e. The summed E-state index contributed by atoms with van der Waals surface area (Å²) >= 11 is 0. The Balaban J connectivity index is 1.16. The summed E-state index contributed by atoms with van der Waals surface area (Å²) in [6.07, 6.45) is 0. The summed E-state index contributed by atoms with van der Waals surface area (Å²) in [7, 11) is 0. The molecule has 0 atom stereocenters. The van der Waals surface area contributed by atoms with Gasteiger partial charge < -0.3 is 4.42 Å². The molecule has 0 N–H and O–H groups in total. The van der Waals surface area contributed by atoms with Crippen molar-refractivity contribution in [3.05, 3.63) is 176 Å². The number of hydrogen-bond donors (Lipinski definition) is 0. The minimum Gasteiger partial charge on any atom is -0.456 e. The van der Waals surface area contributed by atoms with Crippen molar-refractivity contribution in [1.29, 1.82) is 0 Å². The van der Waals surface area contributed by atoms with Crippen molar-refractivity contribution in [1.82, 2.24) is 15.0 Å². The Morgan fingerprint density at radius 2 is 0.633 bits per heavy atom. The van der Waals surface area contributed by atoms with Gasteiger partial charge in [-0.15, -0.1) is 0 Å². The quantitative estimate of drug-likeness (QED) is 0.184. The monoisotopic (exact) mass is 627 g/mol. The molecule has 49 heavy (non-hydrogen) atoms. The third-order valence-corrected chi connectivity index (χ3v) is 8.98. The molecular formula is C45H29N3O. The van der Waals surface area contributed by atoms with Crippen LogP contribution < -0.4 is 0 Å². The second-order valence-electron chi connectivity index (χ2n) is 12.0. The molecule has 2 aromatic heterocycles. The van der Waals surface area contributed by atoms with Gasteiger partial charge in [-0.05, 0) is 45.5 Å². The van der Waals surface area contributed by atoms with E-state index in [-0.39, 0.29) is 0 Å². The van der Waals surface area contributed by atoms with E-state index in [1.807, 2.05) is 84.9 Å². The number of nitrogens with zero attached hydrogens (tertiary/aromatic N) is 3. The fraction of sp³-hybridized carbons (Fsp3) is 0. The van der Waals surface area contributed by atoms with E-state index in [1.165, 1.54) is 22.3 Å². The first-order chi connectivity index (χ1) is 24.3. The van der Waals surface area contributed by atoms with Crippen LogP contribution >= 0.6 is 0 Å². The number of benzene rings is 7. The highest BCUT2D eigenvalue weighted by Crippen LogP contribution is 2.41. The molecule has 0 aliphatic heterocycles. The minimum absolute atomic E-state index is 0.602. The van der Waals surface area contributed by atoms with Crippen molar-refractivity contribution in [3.8, 4) is 67.5 Å². The van der Waals surface area contributed by atoms with Crippen LogP contribution in [0, 0.1) is 0 Å². The lowest BCUT2D eigenvalue weighted by atomic mass is 9.95. The standard InChI is InChI=1S/C45H29N3O/c1-4-12-30(13-5-1)31-22-24-32(25-23-31)33-26-28-34(29-27-33)37-18-10-20-39-41(37)42-38(19-11-21-40(42)49-39)45-47-43(35-14-6-2-7-15-35)46-44(48-45)36-16-8-3-9-17-36/h1-29H. The molecule has 9 rings (SSSR count). The zero-order valence-corrected chi connectivity index (χ0v) is 26.5. The molecule has 9 aromatic rings. The predicted octanol–water partition coefficient (Wildman–Crippen LogP) is 11.8. The van der Waals surface area contributed by atoms with Crippen LogP contribution in [0.2, 0.25) is 0 Å². The van der Waals surface area contributed by atoms with E-state index in [4.69, 9.17) is 19.4 Å². The smallest absolute Gasteiger partial charge is 0.164 e. The summed E-state index contributed by atoms with van der Waals surface area (Å²) < 4.78 is 6.48. The Bertz CT molecular complexity index is 2500. The molecule has 0 aliphatic rings. The second kappa shape index (κ2) is 12.2. The van der Waals surface area contributed by atoms with Crippen LogP contribution in [-0.2, 0) is 0 Å². The van der Waals surface area contributed by atoms with Gasteiger partial charge >= 0.3 is 0 Å². The number of fused-ring (bicyclic) bond motifs is 3. The summed E-state index contributed by atoms with van der Waals surface area (Å²) in [5.41, 5.74) is 11.3. The van der Waals surface area contributed by atoms with Gasteiger partial charge in [0.25, 0.3) is 0 Å². The van der Waals surface area contributed by atoms with Gasteiger partial charge in [0.1, 0.15) is 11.2 Å². The number of aromatic nitrogens is 3. The third-order valence-electron chi connectivity index (χ3n) is 8.98. The maximum Gasteiger partial charge on any atom is 0.164 e. The molecule has 230 valence electrons. The summed E-state index contributed by atoms with van der Waals surface area (Å²) in [5, 5.41) is 2.02. The molecule has 0 saturated heterocycles. The number of rotatable bonds is 6. The molecular weight excluding hydrogens is 599 g/mol. The van der Waals surface area contributed by atoms with Crippen LogP contribution in [0.1, 0.15) is 0 Å². The van der Waals surface area contributed by atoms with Gasteiger partial charge in [-0.1, -0.05) is 164 Å². The number of furan rings is 1. The fourth-order valence-corrected chi connectivity index (χ4v) is 6.55. The third kappa shape index (κ3) is 5.35. The van der Waals surface area contributed by atoms with E-state index in [9.17, 15) is 0 Å². The lowest BCUT2D eigenvalue weighted by Gasteiger charge is -2.10. The van der Waals surface area contributed by atoms with Crippen molar-refractivity contribution < 1.29 is 4.42 Å². The van der Waals surface area contributed by atoms with Gasteiger partial charge in [-0.2, -0.15) is 0 Å². The summed E-state index contributed by atoms with van der Waals surface area (Å²) in [6, 6.07) is 60.5. The zero-order chi connectivity index (χ0) is 32.6. The van der Waals surface area contributed by atoms with Crippen LogP contribution in [0.25, 0.3) is 89.5 Å². The van der Waals surface area contributed by atoms with Crippen molar-refractivity contribution in [2.75, 3.05) is 0 Å². The van der Waals surface area contributed by atoms with Crippen LogP contribution in [0.5, 0.6) is 0 Å². The SMILES string of the molecule is c1ccc(-c2ccc(-c3ccc(-c4cccc5oc6cccc(-c7nc(-c8ccccc8)nc(-c8ccccc8)n7)c6c45)cc3)cc2)cc1. The maximum absolute atomic E-state index is 6.48. The second-order valence-corrected chi connectivity index (χ2v) is 12.0. The van der Waals surface area contributed by atoms with E-state index in [1.54, 1.807) is 0 Å². The molecule has 0 saturated carbocycles. The minimum atomic E-state index is 0.602. The Morgan fingerprint density at radius 1 is 0.265 bits per heavy atom. The van der Waals surface area contributed by atoms with Gasteiger partial charge in [0.15, 0.2) is 17.5 Å². The summed E-state index contributed by atoms with van der Waals surface area (Å²) in [5.74, 6) is 1.86. The van der Waals surface area contributed by atoms with Crippen LogP contribution in [0.4, 0.5) is 0 Å². The lowest BCUT2D eigenvalue weighted by molar-refractivity contribution is 0.669. The highest BCUT2D eigenvalue weighted by molar-refractivity contribution is 6.17. The molecule has 0 aliphatic carbocycles. The first-order valence-electron chi connectivity index (χ1n) is 16.4. The van der Waals surface area contributed by atoms with Gasteiger partial charge in [0.2, 0.25) is 0 Å². The van der Waals surface area contributed by atoms with Gasteiger partial charge in [-0.3, -0.25) is 0 Å². The van der Waals surface area contributed by atoms with E-state index >= 15 is 0 Å². The molecule has 0 bridgehead atoms. The van der Waals surface area contributed by atoms with Gasteiger partial charge in [0, 0.05) is 27.5 Å². The molecule has 4 heteroatoms. The first kappa shape index (κ1) is 28.6. The molecule has 0 fully saturated rings. The van der Waals surface area contributed by atoms with Gasteiger partial charge in [0.05, 0.1) is 0 Å². The van der Waals surface area contributed by atoms with Gasteiger partial charge in [-0.25, -0.2) is 15.0 Å². The molecule has 2 heterocycles. The molecule has 0 amide bonds. The van der Waals surface area contributed by atoms with E-state index in [0.717, 1.165) is 49.8 Å². The fourth-order valence-electron chi connectivity index (χ4n) is 6.55. The average molecular weight is 628 g/mol. The van der Waals surface area contributed by atoms with Crippen molar-refractivity contribution in [2.24, 2.45) is 0 Å². The van der Waals surface area contributed by atoms with Crippen molar-refractivity contribution >= 4 is 21.9 Å². The van der Waals surface area contributed by atoms with Crippen LogP contribution in [-0.4, -0.2) is 15.0 Å². The van der Waals surface area contributed by atoms with Crippen LogP contribution in [0.3, 0.4) is 0 Å². The topological polar surface area (TPSA) is 51.8 Å². The summed E-state index contributed by atoms with van der Waals surface area (Å²) in [4.78, 5) is 15.0. The lowest BCUT2D eigenvalue weighted by Crippen LogP contribution is -2.00. The van der Waals surface area contributed by atoms with E-state index < -0.39 is 0 Å².